The van der Waals surface area contributed by atoms with Gasteiger partial charge in [-0.05, 0) is 12.1 Å². The Morgan fingerprint density at radius 3 is 2.85 bits per heavy atom. The summed E-state index contributed by atoms with van der Waals surface area (Å²) in [7, 11) is 0. The largest absolute Gasteiger partial charge is 0.312 e. The van der Waals surface area contributed by atoms with E-state index in [4.69, 9.17) is 11.6 Å². The first kappa shape index (κ1) is 11.2. The van der Waals surface area contributed by atoms with Crippen molar-refractivity contribution in [3.8, 4) is 0 Å². The van der Waals surface area contributed by atoms with E-state index in [-0.39, 0.29) is 5.82 Å². The first-order valence-electron chi connectivity index (χ1n) is 3.94. The molecule has 0 fully saturated rings. The summed E-state index contributed by atoms with van der Waals surface area (Å²) in [6, 6.07) is 4.74. The molecule has 0 atom stereocenters. The van der Waals surface area contributed by atoms with Gasteiger partial charge in [-0.15, -0.1) is 0 Å². The predicted molar refractivity (Wildman–Crippen MR) is 62.0 cm³/mol. The van der Waals surface area contributed by atoms with Crippen molar-refractivity contribution in [2.75, 3.05) is 11.0 Å². The molecule has 0 radical (unpaired) electrons. The summed E-state index contributed by atoms with van der Waals surface area (Å²) in [6.45, 7) is 1.45. The number of alkyl halides is 1. The SMILES string of the molecule is Fc1cc(Cl)ccc1CNCCI. The molecule has 0 amide bonds. The van der Waals surface area contributed by atoms with Crippen LogP contribution in [0, 0.1) is 5.82 Å². The third-order valence-electron chi connectivity index (χ3n) is 1.60. The lowest BCUT2D eigenvalue weighted by Gasteiger charge is -2.04. The summed E-state index contributed by atoms with van der Waals surface area (Å²) in [5.41, 5.74) is 0.661. The van der Waals surface area contributed by atoms with Crippen LogP contribution in [0.15, 0.2) is 18.2 Å². The molecule has 1 aromatic carbocycles. The summed E-state index contributed by atoms with van der Waals surface area (Å²) < 4.78 is 14.2. The Bertz CT molecular complexity index is 280. The Balaban J connectivity index is 2.56. The minimum atomic E-state index is -0.242. The number of nitrogens with one attached hydrogen (secondary N) is 1. The summed E-state index contributed by atoms with van der Waals surface area (Å²) >= 11 is 7.88. The second-order valence-corrected chi connectivity index (χ2v) is 4.12. The predicted octanol–water partition coefficient (Wildman–Crippen LogP) is 3.00. The highest BCUT2D eigenvalue weighted by Gasteiger charge is 2.01. The van der Waals surface area contributed by atoms with Crippen LogP contribution in [0.3, 0.4) is 0 Å². The Morgan fingerprint density at radius 2 is 2.23 bits per heavy atom. The molecule has 0 aliphatic rings. The minimum absolute atomic E-state index is 0.242. The van der Waals surface area contributed by atoms with E-state index in [0.29, 0.717) is 17.1 Å². The zero-order chi connectivity index (χ0) is 9.68. The molecule has 0 aliphatic carbocycles. The molecule has 13 heavy (non-hydrogen) atoms. The van der Waals surface area contributed by atoms with Crippen molar-refractivity contribution in [3.63, 3.8) is 0 Å². The van der Waals surface area contributed by atoms with Crippen LogP contribution in [0.2, 0.25) is 5.02 Å². The van der Waals surface area contributed by atoms with Crippen LogP contribution >= 0.6 is 34.2 Å². The molecule has 0 aliphatic heterocycles. The van der Waals surface area contributed by atoms with Crippen molar-refractivity contribution in [2.45, 2.75) is 6.54 Å². The molecule has 1 aromatic rings. The second kappa shape index (κ2) is 5.78. The van der Waals surface area contributed by atoms with E-state index in [1.165, 1.54) is 6.07 Å². The number of hydrogen-bond acceptors (Lipinski definition) is 1. The van der Waals surface area contributed by atoms with Crippen LogP contribution < -0.4 is 5.32 Å². The maximum Gasteiger partial charge on any atom is 0.129 e. The first-order valence-corrected chi connectivity index (χ1v) is 5.85. The van der Waals surface area contributed by atoms with Gasteiger partial charge in [0.25, 0.3) is 0 Å². The fourth-order valence-electron chi connectivity index (χ4n) is 0.955. The van der Waals surface area contributed by atoms with E-state index < -0.39 is 0 Å². The maximum absolute atomic E-state index is 13.2. The lowest BCUT2D eigenvalue weighted by atomic mass is 10.2. The van der Waals surface area contributed by atoms with E-state index in [2.05, 4.69) is 27.9 Å². The molecule has 0 spiro atoms. The lowest BCUT2D eigenvalue weighted by molar-refractivity contribution is 0.594. The van der Waals surface area contributed by atoms with E-state index in [9.17, 15) is 4.39 Å². The normalized spacial score (nSPS) is 10.4. The number of halogens is 3. The molecule has 0 unspecified atom stereocenters. The average molecular weight is 314 g/mol. The lowest BCUT2D eigenvalue weighted by Crippen LogP contribution is -2.16. The van der Waals surface area contributed by atoms with Gasteiger partial charge in [0, 0.05) is 28.1 Å². The van der Waals surface area contributed by atoms with Crippen molar-refractivity contribution in [1.82, 2.24) is 5.32 Å². The molecule has 0 saturated heterocycles. The van der Waals surface area contributed by atoms with E-state index in [1.807, 2.05) is 0 Å². The molecule has 4 heteroatoms. The fraction of sp³-hybridized carbons (Fsp3) is 0.333. The maximum atomic E-state index is 13.2. The molecular formula is C9H10ClFIN. The van der Waals surface area contributed by atoms with Gasteiger partial charge in [-0.2, -0.15) is 0 Å². The molecule has 1 N–H and O–H groups in total. The number of benzene rings is 1. The monoisotopic (exact) mass is 313 g/mol. The average Bonchev–Trinajstić information content (AvgIpc) is 2.09. The highest BCUT2D eigenvalue weighted by Crippen LogP contribution is 2.14. The van der Waals surface area contributed by atoms with Gasteiger partial charge in [-0.3, -0.25) is 0 Å². The Kier molecular flexibility index (Phi) is 4.98. The van der Waals surface area contributed by atoms with Crippen molar-refractivity contribution in [3.05, 3.63) is 34.6 Å². The van der Waals surface area contributed by atoms with E-state index in [1.54, 1.807) is 12.1 Å². The molecule has 72 valence electrons. The van der Waals surface area contributed by atoms with Gasteiger partial charge in [0.15, 0.2) is 0 Å². The topological polar surface area (TPSA) is 12.0 Å². The first-order chi connectivity index (χ1) is 6.24. The van der Waals surface area contributed by atoms with Crippen LogP contribution in [0.5, 0.6) is 0 Å². The van der Waals surface area contributed by atoms with Crippen molar-refractivity contribution >= 4 is 34.2 Å². The fourth-order valence-corrected chi connectivity index (χ4v) is 1.50. The molecular weight excluding hydrogens is 303 g/mol. The van der Waals surface area contributed by atoms with Crippen molar-refractivity contribution in [2.24, 2.45) is 0 Å². The Hall–Kier alpha value is 0.130. The third kappa shape index (κ3) is 3.79. The van der Waals surface area contributed by atoms with Gasteiger partial charge in [0.05, 0.1) is 0 Å². The highest BCUT2D eigenvalue weighted by molar-refractivity contribution is 14.1. The number of rotatable bonds is 4. The zero-order valence-electron chi connectivity index (χ0n) is 6.99. The van der Waals surface area contributed by atoms with Gasteiger partial charge >= 0.3 is 0 Å². The van der Waals surface area contributed by atoms with Crippen molar-refractivity contribution in [1.29, 1.82) is 0 Å². The summed E-state index contributed by atoms with van der Waals surface area (Å²) in [6.07, 6.45) is 0. The van der Waals surface area contributed by atoms with Gasteiger partial charge in [0.1, 0.15) is 5.82 Å². The van der Waals surface area contributed by atoms with Crippen molar-refractivity contribution < 1.29 is 4.39 Å². The Morgan fingerprint density at radius 1 is 1.46 bits per heavy atom. The zero-order valence-corrected chi connectivity index (χ0v) is 9.90. The molecule has 0 bridgehead atoms. The molecule has 0 saturated carbocycles. The van der Waals surface area contributed by atoms with Gasteiger partial charge < -0.3 is 5.32 Å². The van der Waals surface area contributed by atoms with Crippen LogP contribution in [0.1, 0.15) is 5.56 Å². The van der Waals surface area contributed by atoms with Gasteiger partial charge in [-0.25, -0.2) is 4.39 Å². The summed E-state index contributed by atoms with van der Waals surface area (Å²) in [5.74, 6) is -0.242. The molecule has 0 heterocycles. The van der Waals surface area contributed by atoms with Gasteiger partial charge in [-0.1, -0.05) is 40.3 Å². The van der Waals surface area contributed by atoms with Gasteiger partial charge in [0.2, 0.25) is 0 Å². The molecule has 1 nitrogen and oxygen atoms in total. The van der Waals surface area contributed by atoms with E-state index >= 15 is 0 Å². The van der Waals surface area contributed by atoms with Crippen LogP contribution in [0.4, 0.5) is 4.39 Å². The van der Waals surface area contributed by atoms with Crippen LogP contribution in [-0.2, 0) is 6.54 Å². The highest BCUT2D eigenvalue weighted by atomic mass is 127. The smallest absolute Gasteiger partial charge is 0.129 e. The molecule has 1 rings (SSSR count). The Labute approximate surface area is 95.8 Å². The summed E-state index contributed by atoms with van der Waals surface area (Å²) in [4.78, 5) is 0. The second-order valence-electron chi connectivity index (χ2n) is 2.60. The number of hydrogen-bond donors (Lipinski definition) is 1. The van der Waals surface area contributed by atoms with E-state index in [0.717, 1.165) is 11.0 Å². The third-order valence-corrected chi connectivity index (χ3v) is 2.38. The van der Waals surface area contributed by atoms with Crippen LogP contribution in [0.25, 0.3) is 0 Å². The van der Waals surface area contributed by atoms with Crippen LogP contribution in [-0.4, -0.2) is 11.0 Å². The molecule has 0 aromatic heterocycles. The minimum Gasteiger partial charge on any atom is -0.312 e. The standard InChI is InChI=1S/C9H10ClFIN/c10-8-2-1-7(9(11)5-8)6-13-4-3-12/h1-2,5,13H,3-4,6H2. The quantitative estimate of drug-likeness (QED) is 0.512. The summed E-state index contributed by atoms with van der Waals surface area (Å²) in [5, 5.41) is 3.56.